The maximum Gasteiger partial charge on any atom is 0.673 e. The zero-order valence-electron chi connectivity index (χ0n) is 11.9. The first-order valence-electron chi connectivity index (χ1n) is 6.51. The number of hydrogen-bond acceptors (Lipinski definition) is 0. The Morgan fingerprint density at radius 1 is 0.810 bits per heavy atom. The summed E-state index contributed by atoms with van der Waals surface area (Å²) in [6.45, 7) is 4.40. The molecule has 21 heavy (non-hydrogen) atoms. The van der Waals surface area contributed by atoms with Crippen LogP contribution < -0.4 is 0 Å². The van der Waals surface area contributed by atoms with Crippen molar-refractivity contribution < 1.29 is 17.3 Å². The summed E-state index contributed by atoms with van der Waals surface area (Å²) < 4.78 is 39.0. The molecule has 0 N–H and O–H groups in total. The summed E-state index contributed by atoms with van der Waals surface area (Å²) in [7, 11) is -5.77. The van der Waals surface area contributed by atoms with Gasteiger partial charge >= 0.3 is 7.25 Å². The molecule has 2 aromatic rings. The number of rotatable bonds is 3. The van der Waals surface area contributed by atoms with E-state index in [-0.39, 0.29) is 10.9 Å². The smallest absolute Gasteiger partial charge is 0.418 e. The van der Waals surface area contributed by atoms with Gasteiger partial charge in [0.05, 0.1) is 10.9 Å². The van der Waals surface area contributed by atoms with Gasteiger partial charge in [0.25, 0.3) is 0 Å². The molecule has 0 amide bonds. The van der Waals surface area contributed by atoms with Crippen LogP contribution in [-0.2, 0) is 10.9 Å². The van der Waals surface area contributed by atoms with Gasteiger partial charge in [-0.05, 0) is 38.1 Å². The molecule has 0 bridgehead atoms. The molecule has 0 aliphatic heterocycles. The van der Waals surface area contributed by atoms with Crippen LogP contribution in [0.5, 0.6) is 0 Å². The van der Waals surface area contributed by atoms with E-state index in [1.165, 1.54) is 21.1 Å². The van der Waals surface area contributed by atoms with Crippen LogP contribution in [0.1, 0.15) is 12.5 Å². The lowest BCUT2D eigenvalue weighted by Gasteiger charge is -2.05. The van der Waals surface area contributed by atoms with Crippen molar-refractivity contribution in [3.63, 3.8) is 0 Å². The molecule has 0 aromatic heterocycles. The fraction of sp³-hybridized carbons (Fsp3) is 0.200. The minimum absolute atomic E-state index is 0.234. The lowest BCUT2D eigenvalue weighted by Crippen LogP contribution is -2.05. The highest BCUT2D eigenvalue weighted by molar-refractivity contribution is 7.97. The summed E-state index contributed by atoms with van der Waals surface area (Å²) >= 11 is 0. The SMILES string of the molecule is CC[S+](c1ccccc1)c1ccc(C)cc1.F[B-](F)(F)F. The van der Waals surface area contributed by atoms with E-state index in [4.69, 9.17) is 0 Å². The van der Waals surface area contributed by atoms with Crippen LogP contribution in [0.25, 0.3) is 0 Å². The van der Waals surface area contributed by atoms with E-state index in [2.05, 4.69) is 68.4 Å². The van der Waals surface area contributed by atoms with E-state index in [1.807, 2.05) is 0 Å². The van der Waals surface area contributed by atoms with Gasteiger partial charge in [-0.25, -0.2) is 0 Å². The van der Waals surface area contributed by atoms with Crippen molar-refractivity contribution in [3.8, 4) is 0 Å². The second kappa shape index (κ2) is 8.12. The van der Waals surface area contributed by atoms with Crippen LogP contribution in [0.15, 0.2) is 64.4 Å². The Morgan fingerprint density at radius 2 is 1.24 bits per heavy atom. The van der Waals surface area contributed by atoms with E-state index < -0.39 is 7.25 Å². The molecule has 1 atom stereocenters. The summed E-state index contributed by atoms with van der Waals surface area (Å²) in [5.41, 5.74) is 1.33. The van der Waals surface area contributed by atoms with Crippen LogP contribution in [0.3, 0.4) is 0 Å². The average Bonchev–Trinajstić information content (AvgIpc) is 2.41. The van der Waals surface area contributed by atoms with Gasteiger partial charge in [-0.3, -0.25) is 0 Å². The highest BCUT2D eigenvalue weighted by atomic mass is 32.2. The zero-order chi connectivity index (χ0) is 15.9. The average molecular weight is 316 g/mol. The van der Waals surface area contributed by atoms with Crippen LogP contribution in [0.2, 0.25) is 0 Å². The number of benzene rings is 2. The van der Waals surface area contributed by atoms with Crippen LogP contribution in [0.4, 0.5) is 17.3 Å². The van der Waals surface area contributed by atoms with Gasteiger partial charge in [0, 0.05) is 0 Å². The first-order valence-corrected chi connectivity index (χ1v) is 7.90. The van der Waals surface area contributed by atoms with Gasteiger partial charge in [0.15, 0.2) is 9.79 Å². The molecule has 114 valence electrons. The minimum Gasteiger partial charge on any atom is -0.418 e. The third-order valence-electron chi connectivity index (χ3n) is 2.62. The number of halogens is 4. The van der Waals surface area contributed by atoms with Gasteiger partial charge in [0.2, 0.25) is 0 Å². The first-order chi connectivity index (χ1) is 9.81. The van der Waals surface area contributed by atoms with Crippen molar-refractivity contribution in [1.29, 1.82) is 0 Å². The predicted molar refractivity (Wildman–Crippen MR) is 82.2 cm³/mol. The van der Waals surface area contributed by atoms with E-state index in [0.717, 1.165) is 0 Å². The summed E-state index contributed by atoms with van der Waals surface area (Å²) in [5, 5.41) is 0. The largest absolute Gasteiger partial charge is 0.673 e. The molecule has 0 aliphatic carbocycles. The molecule has 0 nitrogen and oxygen atoms in total. The molecule has 0 fully saturated rings. The van der Waals surface area contributed by atoms with E-state index >= 15 is 0 Å². The molecule has 0 aliphatic rings. The molecular formula is C15H17BF4S. The maximum absolute atomic E-state index is 9.75. The summed E-state index contributed by atoms with van der Waals surface area (Å²) in [5.74, 6) is 1.17. The van der Waals surface area contributed by atoms with Gasteiger partial charge < -0.3 is 17.3 Å². The van der Waals surface area contributed by atoms with Crippen molar-refractivity contribution in [2.45, 2.75) is 23.6 Å². The fourth-order valence-corrected chi connectivity index (χ4v) is 3.65. The molecule has 1 unspecified atom stereocenters. The van der Waals surface area contributed by atoms with Crippen molar-refractivity contribution in [3.05, 3.63) is 60.2 Å². The second-order valence-electron chi connectivity index (χ2n) is 4.30. The van der Waals surface area contributed by atoms with Crippen molar-refractivity contribution in [2.24, 2.45) is 0 Å². The Hall–Kier alpha value is -1.43. The topological polar surface area (TPSA) is 0 Å². The molecule has 6 heteroatoms. The quantitative estimate of drug-likeness (QED) is 0.407. The maximum atomic E-state index is 9.75. The van der Waals surface area contributed by atoms with Crippen LogP contribution >= 0.6 is 0 Å². The van der Waals surface area contributed by atoms with Gasteiger partial charge in [0.1, 0.15) is 5.75 Å². The van der Waals surface area contributed by atoms with Crippen LogP contribution in [0, 0.1) is 6.92 Å². The molecule has 2 rings (SSSR count). The monoisotopic (exact) mass is 316 g/mol. The third kappa shape index (κ3) is 7.23. The first kappa shape index (κ1) is 17.6. The van der Waals surface area contributed by atoms with Gasteiger partial charge in [-0.2, -0.15) is 0 Å². The minimum atomic E-state index is -6.00. The Labute approximate surface area is 125 Å². The molecule has 0 saturated heterocycles. The highest BCUT2D eigenvalue weighted by Crippen LogP contribution is 2.23. The summed E-state index contributed by atoms with van der Waals surface area (Å²) in [6.07, 6.45) is 0. The second-order valence-corrected chi connectivity index (χ2v) is 6.60. The Balaban J connectivity index is 0.000000383. The van der Waals surface area contributed by atoms with Gasteiger partial charge in [-0.1, -0.05) is 35.9 Å². The van der Waals surface area contributed by atoms with E-state index in [1.54, 1.807) is 0 Å². The van der Waals surface area contributed by atoms with E-state index in [0.29, 0.717) is 0 Å². The predicted octanol–water partition coefficient (Wildman–Crippen LogP) is 5.35. The standard InChI is InChI=1S/C15H17S.BF4/c1-3-16(14-7-5-4-6-8-14)15-11-9-13(2)10-12-15;2-1(3,4)5/h4-12H,3H2,1-2H3;/q+1;-1. The lowest BCUT2D eigenvalue weighted by atomic mass is 10.2. The number of hydrogen-bond donors (Lipinski definition) is 0. The summed E-state index contributed by atoms with van der Waals surface area (Å²) in [4.78, 5) is 2.88. The molecule has 0 spiro atoms. The molecule has 0 radical (unpaired) electrons. The fourth-order valence-electron chi connectivity index (χ4n) is 1.76. The van der Waals surface area contributed by atoms with Crippen molar-refractivity contribution in [2.75, 3.05) is 5.75 Å². The van der Waals surface area contributed by atoms with Crippen molar-refractivity contribution >= 4 is 18.1 Å². The summed E-state index contributed by atoms with van der Waals surface area (Å²) in [6, 6.07) is 19.7. The Bertz CT molecular complexity index is 520. The molecule has 2 aromatic carbocycles. The normalized spacial score (nSPS) is 12.3. The molecule has 0 saturated carbocycles. The zero-order valence-corrected chi connectivity index (χ0v) is 12.7. The van der Waals surface area contributed by atoms with Gasteiger partial charge in [-0.15, -0.1) is 0 Å². The Morgan fingerprint density at radius 3 is 1.67 bits per heavy atom. The molecular weight excluding hydrogens is 299 g/mol. The number of aryl methyl sites for hydroxylation is 1. The van der Waals surface area contributed by atoms with Crippen molar-refractivity contribution in [1.82, 2.24) is 0 Å². The lowest BCUT2D eigenvalue weighted by molar-refractivity contribution is 0.368. The highest BCUT2D eigenvalue weighted by Gasteiger charge is 2.22. The molecule has 0 heterocycles. The van der Waals surface area contributed by atoms with E-state index in [9.17, 15) is 17.3 Å². The van der Waals surface area contributed by atoms with Crippen LogP contribution in [-0.4, -0.2) is 13.0 Å². The Kier molecular flexibility index (Phi) is 6.82. The third-order valence-corrected chi connectivity index (χ3v) is 4.88.